The highest BCUT2D eigenvalue weighted by atomic mass is 16.6. The third-order valence-electron chi connectivity index (χ3n) is 4.72. The summed E-state index contributed by atoms with van der Waals surface area (Å²) in [4.78, 5) is 26.8. The molecule has 0 heterocycles. The van der Waals surface area contributed by atoms with Crippen LogP contribution in [0.25, 0.3) is 0 Å². The molecular weight excluding hydrogens is 390 g/mol. The number of ether oxygens (including phenoxy) is 2. The van der Waals surface area contributed by atoms with Crippen molar-refractivity contribution in [2.24, 2.45) is 0 Å². The quantitative estimate of drug-likeness (QED) is 0.233. The highest BCUT2D eigenvalue weighted by Crippen LogP contribution is 2.21. The predicted octanol–water partition coefficient (Wildman–Crippen LogP) is 7.01. The lowest BCUT2D eigenvalue weighted by Crippen LogP contribution is -2.37. The van der Waals surface area contributed by atoms with Crippen molar-refractivity contribution in [1.82, 2.24) is 0 Å². The molecule has 0 aliphatic heterocycles. The van der Waals surface area contributed by atoms with E-state index in [2.05, 4.69) is 6.92 Å². The first-order chi connectivity index (χ1) is 14.8. The minimum absolute atomic E-state index is 0.374. The van der Waals surface area contributed by atoms with E-state index in [1.807, 2.05) is 39.0 Å². The Balaban J connectivity index is 2.05. The van der Waals surface area contributed by atoms with Crippen molar-refractivity contribution in [2.75, 3.05) is 11.4 Å². The number of benzene rings is 2. The summed E-state index contributed by atoms with van der Waals surface area (Å²) < 4.78 is 11.0. The van der Waals surface area contributed by atoms with Gasteiger partial charge < -0.3 is 9.47 Å². The Morgan fingerprint density at radius 2 is 1.45 bits per heavy atom. The fourth-order valence-corrected chi connectivity index (χ4v) is 3.13. The summed E-state index contributed by atoms with van der Waals surface area (Å²) >= 11 is 0. The largest absolute Gasteiger partial charge is 0.443 e. The van der Waals surface area contributed by atoms with Crippen molar-refractivity contribution < 1.29 is 19.1 Å². The molecule has 0 spiro atoms. The van der Waals surface area contributed by atoms with E-state index in [0.29, 0.717) is 23.5 Å². The molecule has 2 aromatic rings. The van der Waals surface area contributed by atoms with Gasteiger partial charge in [-0.2, -0.15) is 0 Å². The minimum Gasteiger partial charge on any atom is -0.443 e. The van der Waals surface area contributed by atoms with Crippen LogP contribution in [-0.2, 0) is 4.74 Å². The standard InChI is InChI=1S/C26H35NO4/c1-5-6-7-8-9-13-20-27(25(29)31-26(2,3)4)22-18-16-21(17-19-22)24(28)30-23-14-11-10-12-15-23/h10-12,14-19H,5-9,13,20H2,1-4H3. The third kappa shape index (κ3) is 8.83. The van der Waals surface area contributed by atoms with E-state index in [1.165, 1.54) is 25.7 Å². The number of anilines is 1. The number of amides is 1. The number of carbonyl (C=O) groups is 2. The summed E-state index contributed by atoms with van der Waals surface area (Å²) in [5.41, 5.74) is 0.561. The van der Waals surface area contributed by atoms with Crippen LogP contribution in [0.1, 0.15) is 76.6 Å². The van der Waals surface area contributed by atoms with Gasteiger partial charge in [0.05, 0.1) is 5.56 Å². The van der Waals surface area contributed by atoms with Gasteiger partial charge in [-0.1, -0.05) is 57.2 Å². The van der Waals surface area contributed by atoms with Gasteiger partial charge in [0.15, 0.2) is 0 Å². The van der Waals surface area contributed by atoms with Crippen LogP contribution in [0.2, 0.25) is 0 Å². The lowest BCUT2D eigenvalue weighted by atomic mass is 10.1. The van der Waals surface area contributed by atoms with E-state index in [-0.39, 0.29) is 6.09 Å². The van der Waals surface area contributed by atoms with Gasteiger partial charge in [0.1, 0.15) is 11.4 Å². The molecule has 0 atom stereocenters. The summed E-state index contributed by atoms with van der Waals surface area (Å²) in [6.45, 7) is 8.35. The molecule has 0 saturated carbocycles. The van der Waals surface area contributed by atoms with Gasteiger partial charge in [-0.05, 0) is 63.6 Å². The predicted molar refractivity (Wildman–Crippen MR) is 125 cm³/mol. The maximum atomic E-state index is 12.8. The first-order valence-electron chi connectivity index (χ1n) is 11.2. The molecule has 0 N–H and O–H groups in total. The molecule has 0 fully saturated rings. The second-order valence-electron chi connectivity index (χ2n) is 8.65. The van der Waals surface area contributed by atoms with Gasteiger partial charge in [0.2, 0.25) is 0 Å². The van der Waals surface area contributed by atoms with Crippen LogP contribution in [0, 0.1) is 0 Å². The summed E-state index contributed by atoms with van der Waals surface area (Å²) in [6.07, 6.45) is 6.45. The van der Waals surface area contributed by atoms with Crippen molar-refractivity contribution in [3.8, 4) is 5.75 Å². The van der Waals surface area contributed by atoms with Crippen LogP contribution in [-0.4, -0.2) is 24.2 Å². The lowest BCUT2D eigenvalue weighted by Gasteiger charge is -2.27. The van der Waals surface area contributed by atoms with Crippen LogP contribution in [0.3, 0.4) is 0 Å². The second kappa shape index (κ2) is 12.1. The van der Waals surface area contributed by atoms with E-state index in [4.69, 9.17) is 9.47 Å². The Hall–Kier alpha value is -2.82. The zero-order chi connectivity index (χ0) is 22.7. The Kier molecular flexibility index (Phi) is 9.57. The second-order valence-corrected chi connectivity index (χ2v) is 8.65. The maximum Gasteiger partial charge on any atom is 0.414 e. The number of nitrogens with zero attached hydrogens (tertiary/aromatic N) is 1. The van der Waals surface area contributed by atoms with Crippen LogP contribution in [0.4, 0.5) is 10.5 Å². The summed E-state index contributed by atoms with van der Waals surface area (Å²) in [6, 6.07) is 15.8. The molecule has 5 nitrogen and oxygen atoms in total. The number of carbonyl (C=O) groups excluding carboxylic acids is 2. The van der Waals surface area contributed by atoms with Crippen LogP contribution in [0.5, 0.6) is 5.75 Å². The Labute approximate surface area is 186 Å². The minimum atomic E-state index is -0.574. The van der Waals surface area contributed by atoms with Gasteiger partial charge in [0, 0.05) is 12.2 Å². The van der Waals surface area contributed by atoms with Crippen LogP contribution in [0.15, 0.2) is 54.6 Å². The van der Waals surface area contributed by atoms with E-state index >= 15 is 0 Å². The van der Waals surface area contributed by atoms with E-state index in [9.17, 15) is 9.59 Å². The van der Waals surface area contributed by atoms with Gasteiger partial charge in [-0.15, -0.1) is 0 Å². The maximum absolute atomic E-state index is 12.8. The van der Waals surface area contributed by atoms with Crippen LogP contribution >= 0.6 is 0 Å². The highest BCUT2D eigenvalue weighted by Gasteiger charge is 2.23. The molecule has 0 aromatic heterocycles. The summed E-state index contributed by atoms with van der Waals surface area (Å²) in [5, 5.41) is 0. The van der Waals surface area contributed by atoms with Crippen molar-refractivity contribution in [3.63, 3.8) is 0 Å². The Bertz CT molecular complexity index is 810. The number of hydrogen-bond acceptors (Lipinski definition) is 4. The molecular formula is C26H35NO4. The van der Waals surface area contributed by atoms with Crippen molar-refractivity contribution in [3.05, 3.63) is 60.2 Å². The Morgan fingerprint density at radius 3 is 2.06 bits per heavy atom. The number of esters is 1. The number of para-hydroxylation sites is 1. The van der Waals surface area contributed by atoms with Crippen molar-refractivity contribution >= 4 is 17.7 Å². The van der Waals surface area contributed by atoms with Gasteiger partial charge in [0.25, 0.3) is 0 Å². The molecule has 0 unspecified atom stereocenters. The fourth-order valence-electron chi connectivity index (χ4n) is 3.13. The molecule has 0 aliphatic carbocycles. The molecule has 2 rings (SSSR count). The zero-order valence-corrected chi connectivity index (χ0v) is 19.2. The average Bonchev–Trinajstić information content (AvgIpc) is 2.73. The van der Waals surface area contributed by atoms with Crippen LogP contribution < -0.4 is 9.64 Å². The molecule has 31 heavy (non-hydrogen) atoms. The first-order valence-corrected chi connectivity index (χ1v) is 11.2. The molecule has 0 radical (unpaired) electrons. The highest BCUT2D eigenvalue weighted by molar-refractivity contribution is 5.93. The molecule has 0 bridgehead atoms. The molecule has 2 aromatic carbocycles. The summed E-state index contributed by atoms with van der Waals surface area (Å²) in [5.74, 6) is 0.0625. The number of hydrogen-bond donors (Lipinski definition) is 0. The molecule has 0 saturated heterocycles. The Morgan fingerprint density at radius 1 is 0.839 bits per heavy atom. The average molecular weight is 426 g/mol. The number of unbranched alkanes of at least 4 members (excludes halogenated alkanes) is 5. The van der Waals surface area contributed by atoms with Gasteiger partial charge in [-0.25, -0.2) is 9.59 Å². The SMILES string of the molecule is CCCCCCCCN(C(=O)OC(C)(C)C)c1ccc(C(=O)Oc2ccccc2)cc1. The molecule has 5 heteroatoms. The summed E-state index contributed by atoms with van der Waals surface area (Å²) in [7, 11) is 0. The zero-order valence-electron chi connectivity index (χ0n) is 19.2. The molecule has 168 valence electrons. The fraction of sp³-hybridized carbons (Fsp3) is 0.462. The lowest BCUT2D eigenvalue weighted by molar-refractivity contribution is 0.0579. The molecule has 0 aliphatic rings. The van der Waals surface area contributed by atoms with Gasteiger partial charge in [-0.3, -0.25) is 4.90 Å². The van der Waals surface area contributed by atoms with E-state index < -0.39 is 11.6 Å². The smallest absolute Gasteiger partial charge is 0.414 e. The first kappa shape index (κ1) is 24.4. The normalized spacial score (nSPS) is 11.1. The monoisotopic (exact) mass is 425 g/mol. The topological polar surface area (TPSA) is 55.8 Å². The number of rotatable bonds is 10. The van der Waals surface area contributed by atoms with Gasteiger partial charge >= 0.3 is 12.1 Å². The van der Waals surface area contributed by atoms with E-state index in [1.54, 1.807) is 41.3 Å². The van der Waals surface area contributed by atoms with Crippen molar-refractivity contribution in [2.45, 2.75) is 71.8 Å². The van der Waals surface area contributed by atoms with Crippen molar-refractivity contribution in [1.29, 1.82) is 0 Å². The third-order valence-corrected chi connectivity index (χ3v) is 4.72. The molecule has 1 amide bonds. The van der Waals surface area contributed by atoms with E-state index in [0.717, 1.165) is 12.8 Å².